The fourth-order valence-corrected chi connectivity index (χ4v) is 3.09. The summed E-state index contributed by atoms with van der Waals surface area (Å²) in [4.78, 5) is 2.62. The lowest BCUT2D eigenvalue weighted by atomic mass is 10.0. The highest BCUT2D eigenvalue weighted by Gasteiger charge is 2.35. The van der Waals surface area contributed by atoms with Gasteiger partial charge in [-0.25, -0.2) is 0 Å². The topological polar surface area (TPSA) is 3.01 Å². The van der Waals surface area contributed by atoms with Crippen molar-refractivity contribution in [3.8, 4) is 0 Å². The third kappa shape index (κ3) is 2.46. The molecular formula is C15H21N. The standard InChI is InChI=1S/C15H21N/c1-2-8-14(9-3-1)11-16-12-15(16)10-13-6-4-5-7-13/h1-3,8-9,13,15H,4-7,10-12H2/t15-,16?/m1/s1. The lowest BCUT2D eigenvalue weighted by Crippen LogP contribution is -2.06. The summed E-state index contributed by atoms with van der Waals surface area (Å²) in [5, 5.41) is 0. The largest absolute Gasteiger partial charge is 0.293 e. The van der Waals surface area contributed by atoms with Crippen LogP contribution in [0.2, 0.25) is 0 Å². The van der Waals surface area contributed by atoms with Crippen molar-refractivity contribution in [1.82, 2.24) is 4.90 Å². The van der Waals surface area contributed by atoms with Crippen LogP contribution >= 0.6 is 0 Å². The van der Waals surface area contributed by atoms with Crippen LogP contribution in [0.4, 0.5) is 0 Å². The predicted octanol–water partition coefficient (Wildman–Crippen LogP) is 3.45. The normalized spacial score (nSPS) is 29.5. The lowest BCUT2D eigenvalue weighted by Gasteiger charge is -2.08. The second kappa shape index (κ2) is 4.58. The van der Waals surface area contributed by atoms with Crippen molar-refractivity contribution >= 4 is 0 Å². The third-order valence-corrected chi connectivity index (χ3v) is 4.14. The Morgan fingerprint density at radius 1 is 1.06 bits per heavy atom. The van der Waals surface area contributed by atoms with Crippen LogP contribution < -0.4 is 0 Å². The Morgan fingerprint density at radius 2 is 1.81 bits per heavy atom. The molecule has 1 saturated carbocycles. The van der Waals surface area contributed by atoms with Gasteiger partial charge in [-0.2, -0.15) is 0 Å². The second-order valence-electron chi connectivity index (χ2n) is 5.46. The van der Waals surface area contributed by atoms with Gasteiger partial charge in [0.05, 0.1) is 0 Å². The lowest BCUT2D eigenvalue weighted by molar-refractivity contribution is 0.420. The van der Waals surface area contributed by atoms with Gasteiger partial charge in [-0.1, -0.05) is 56.0 Å². The molecule has 0 radical (unpaired) electrons. The molecule has 2 aliphatic rings. The van der Waals surface area contributed by atoms with Crippen LogP contribution in [0.5, 0.6) is 0 Å². The third-order valence-electron chi connectivity index (χ3n) is 4.14. The fourth-order valence-electron chi connectivity index (χ4n) is 3.09. The van der Waals surface area contributed by atoms with E-state index in [0.717, 1.165) is 18.5 Å². The summed E-state index contributed by atoms with van der Waals surface area (Å²) < 4.78 is 0. The van der Waals surface area contributed by atoms with Crippen molar-refractivity contribution < 1.29 is 0 Å². The molecule has 2 atom stereocenters. The van der Waals surface area contributed by atoms with Gasteiger partial charge in [-0.15, -0.1) is 0 Å². The van der Waals surface area contributed by atoms with Gasteiger partial charge in [-0.05, 0) is 17.9 Å². The Hall–Kier alpha value is -0.820. The fraction of sp³-hybridized carbons (Fsp3) is 0.600. The van der Waals surface area contributed by atoms with E-state index in [1.807, 2.05) is 0 Å². The van der Waals surface area contributed by atoms with E-state index in [1.165, 1.54) is 44.2 Å². The van der Waals surface area contributed by atoms with Crippen LogP contribution in [0.25, 0.3) is 0 Å². The molecule has 86 valence electrons. The molecule has 2 fully saturated rings. The van der Waals surface area contributed by atoms with Crippen molar-refractivity contribution in [2.75, 3.05) is 6.54 Å². The molecule has 1 unspecified atom stereocenters. The van der Waals surface area contributed by atoms with E-state index in [-0.39, 0.29) is 0 Å². The van der Waals surface area contributed by atoms with Crippen molar-refractivity contribution in [2.24, 2.45) is 5.92 Å². The van der Waals surface area contributed by atoms with E-state index in [4.69, 9.17) is 0 Å². The molecule has 0 spiro atoms. The van der Waals surface area contributed by atoms with E-state index in [9.17, 15) is 0 Å². The molecule has 0 aromatic heterocycles. The molecule has 1 saturated heterocycles. The Bertz CT molecular complexity index is 327. The summed E-state index contributed by atoms with van der Waals surface area (Å²) in [5.74, 6) is 1.05. The van der Waals surface area contributed by atoms with Gasteiger partial charge in [-0.3, -0.25) is 4.90 Å². The summed E-state index contributed by atoms with van der Waals surface area (Å²) in [7, 11) is 0. The Labute approximate surface area is 98.5 Å². The predicted molar refractivity (Wildman–Crippen MR) is 67.2 cm³/mol. The SMILES string of the molecule is c1ccc(CN2C[C@H]2CC2CCCC2)cc1. The zero-order chi connectivity index (χ0) is 10.8. The zero-order valence-electron chi connectivity index (χ0n) is 9.94. The molecule has 1 aliphatic heterocycles. The summed E-state index contributed by atoms with van der Waals surface area (Å²) in [6.45, 7) is 2.50. The highest BCUT2D eigenvalue weighted by Crippen LogP contribution is 2.34. The molecule has 0 amide bonds. The minimum Gasteiger partial charge on any atom is -0.293 e. The first-order chi connectivity index (χ1) is 7.92. The average Bonchev–Trinajstić information content (AvgIpc) is 2.82. The van der Waals surface area contributed by atoms with Crippen LogP contribution in [0, 0.1) is 5.92 Å². The van der Waals surface area contributed by atoms with Crippen molar-refractivity contribution in [2.45, 2.75) is 44.7 Å². The summed E-state index contributed by atoms with van der Waals surface area (Å²) in [5.41, 5.74) is 1.47. The molecular weight excluding hydrogens is 194 g/mol. The molecule has 0 N–H and O–H groups in total. The molecule has 1 aromatic carbocycles. The molecule has 0 bridgehead atoms. The van der Waals surface area contributed by atoms with Crippen LogP contribution in [-0.4, -0.2) is 17.5 Å². The van der Waals surface area contributed by atoms with Crippen molar-refractivity contribution in [1.29, 1.82) is 0 Å². The summed E-state index contributed by atoms with van der Waals surface area (Å²) in [6.07, 6.45) is 7.42. The highest BCUT2D eigenvalue weighted by molar-refractivity contribution is 5.15. The number of rotatable bonds is 4. The van der Waals surface area contributed by atoms with E-state index in [0.29, 0.717) is 0 Å². The zero-order valence-corrected chi connectivity index (χ0v) is 9.94. The summed E-state index contributed by atoms with van der Waals surface area (Å²) in [6, 6.07) is 11.8. The molecule has 1 aromatic rings. The first-order valence-corrected chi connectivity index (χ1v) is 6.70. The highest BCUT2D eigenvalue weighted by atomic mass is 15.3. The molecule has 1 heteroatoms. The van der Waals surface area contributed by atoms with E-state index >= 15 is 0 Å². The smallest absolute Gasteiger partial charge is 0.0237 e. The van der Waals surface area contributed by atoms with Crippen LogP contribution in [0.15, 0.2) is 30.3 Å². The van der Waals surface area contributed by atoms with Gasteiger partial charge in [0.15, 0.2) is 0 Å². The number of hydrogen-bond donors (Lipinski definition) is 0. The minimum atomic E-state index is 0.906. The Morgan fingerprint density at radius 3 is 2.56 bits per heavy atom. The van der Waals surface area contributed by atoms with Gasteiger partial charge >= 0.3 is 0 Å². The first-order valence-electron chi connectivity index (χ1n) is 6.70. The number of benzene rings is 1. The molecule has 1 aliphatic carbocycles. The Kier molecular flexibility index (Phi) is 2.96. The molecule has 16 heavy (non-hydrogen) atoms. The van der Waals surface area contributed by atoms with Crippen molar-refractivity contribution in [3.63, 3.8) is 0 Å². The minimum absolute atomic E-state index is 0.906. The Balaban J connectivity index is 1.45. The second-order valence-corrected chi connectivity index (χ2v) is 5.46. The van der Waals surface area contributed by atoms with E-state index in [2.05, 4.69) is 35.2 Å². The first kappa shape index (κ1) is 10.3. The van der Waals surface area contributed by atoms with Gasteiger partial charge in [0.1, 0.15) is 0 Å². The monoisotopic (exact) mass is 215 g/mol. The van der Waals surface area contributed by atoms with Crippen LogP contribution in [0.1, 0.15) is 37.7 Å². The quantitative estimate of drug-likeness (QED) is 0.695. The number of hydrogen-bond acceptors (Lipinski definition) is 1. The van der Waals surface area contributed by atoms with Crippen molar-refractivity contribution in [3.05, 3.63) is 35.9 Å². The van der Waals surface area contributed by atoms with Gasteiger partial charge < -0.3 is 0 Å². The van der Waals surface area contributed by atoms with Gasteiger partial charge in [0.25, 0.3) is 0 Å². The summed E-state index contributed by atoms with van der Waals surface area (Å²) >= 11 is 0. The maximum atomic E-state index is 2.62. The van der Waals surface area contributed by atoms with Crippen LogP contribution in [0.3, 0.4) is 0 Å². The van der Waals surface area contributed by atoms with E-state index < -0.39 is 0 Å². The molecule has 1 heterocycles. The van der Waals surface area contributed by atoms with Crippen LogP contribution in [-0.2, 0) is 6.54 Å². The van der Waals surface area contributed by atoms with E-state index in [1.54, 1.807) is 0 Å². The van der Waals surface area contributed by atoms with Gasteiger partial charge in [0, 0.05) is 19.1 Å². The molecule has 1 nitrogen and oxygen atoms in total. The maximum absolute atomic E-state index is 2.62. The van der Waals surface area contributed by atoms with Gasteiger partial charge in [0.2, 0.25) is 0 Å². The number of nitrogens with zero attached hydrogens (tertiary/aromatic N) is 1. The molecule has 3 rings (SSSR count). The average molecular weight is 215 g/mol. The maximum Gasteiger partial charge on any atom is 0.0237 e.